The number of rotatable bonds is 2. The molecule has 2 heteroatoms. The molecule has 0 unspecified atom stereocenters. The maximum atomic E-state index is 5.12. The van der Waals surface area contributed by atoms with Crippen molar-refractivity contribution in [3.63, 3.8) is 0 Å². The van der Waals surface area contributed by atoms with E-state index in [-0.39, 0.29) is 12.4 Å². The third-order valence-corrected chi connectivity index (χ3v) is 2.32. The third-order valence-electron chi connectivity index (χ3n) is 2.32. The maximum Gasteiger partial charge on any atom is 0.191 e. The number of methoxy groups -OCH3 is 1. The Kier molecular flexibility index (Phi) is 4.78. The van der Waals surface area contributed by atoms with Crippen molar-refractivity contribution in [2.45, 2.75) is 6.42 Å². The van der Waals surface area contributed by atoms with Crippen LogP contribution in [0.5, 0.6) is 5.75 Å². The monoisotopic (exact) mass is 232 g/mol. The SMILES string of the molecule is COc1ccc(C2=[C+]CC=CC=C2)cc1.[Cl-]. The summed E-state index contributed by atoms with van der Waals surface area (Å²) in [5.74, 6) is 0.884. The summed E-state index contributed by atoms with van der Waals surface area (Å²) in [4.78, 5) is 0. The highest BCUT2D eigenvalue weighted by atomic mass is 35.5. The second kappa shape index (κ2) is 6.12. The molecule has 82 valence electrons. The highest BCUT2D eigenvalue weighted by Crippen LogP contribution is 2.20. The first-order valence-corrected chi connectivity index (χ1v) is 4.98. The molecule has 16 heavy (non-hydrogen) atoms. The maximum absolute atomic E-state index is 5.12. The number of hydrogen-bond acceptors (Lipinski definition) is 1. The largest absolute Gasteiger partial charge is 1.00 e. The van der Waals surface area contributed by atoms with Crippen LogP contribution in [0.1, 0.15) is 12.0 Å². The summed E-state index contributed by atoms with van der Waals surface area (Å²) in [7, 11) is 1.68. The van der Waals surface area contributed by atoms with Gasteiger partial charge in [0.1, 0.15) is 5.75 Å². The van der Waals surface area contributed by atoms with Crippen molar-refractivity contribution < 1.29 is 17.1 Å². The van der Waals surface area contributed by atoms with Gasteiger partial charge in [-0.05, 0) is 18.2 Å². The first kappa shape index (κ1) is 12.5. The van der Waals surface area contributed by atoms with E-state index in [2.05, 4.69) is 30.4 Å². The smallest absolute Gasteiger partial charge is 0.191 e. The van der Waals surface area contributed by atoms with Gasteiger partial charge in [-0.15, -0.1) is 0 Å². The molecule has 0 aromatic heterocycles. The zero-order valence-corrected chi connectivity index (χ0v) is 9.87. The van der Waals surface area contributed by atoms with Crippen molar-refractivity contribution in [3.8, 4) is 5.75 Å². The Labute approximate surface area is 103 Å². The van der Waals surface area contributed by atoms with Crippen LogP contribution in [0.3, 0.4) is 0 Å². The number of benzene rings is 1. The first-order valence-electron chi connectivity index (χ1n) is 4.98. The van der Waals surface area contributed by atoms with Crippen LogP contribution in [-0.4, -0.2) is 7.11 Å². The van der Waals surface area contributed by atoms with Gasteiger partial charge < -0.3 is 17.1 Å². The van der Waals surface area contributed by atoms with Crippen molar-refractivity contribution >= 4 is 5.57 Å². The molecule has 1 aliphatic rings. The number of ether oxygens (including phenoxy) is 1. The fourth-order valence-electron chi connectivity index (χ4n) is 1.50. The molecule has 1 aliphatic carbocycles. The second-order valence-corrected chi connectivity index (χ2v) is 3.31. The molecule has 0 saturated carbocycles. The van der Waals surface area contributed by atoms with Gasteiger partial charge in [0.05, 0.1) is 25.2 Å². The van der Waals surface area contributed by atoms with Gasteiger partial charge in [0, 0.05) is 18.2 Å². The standard InChI is InChI=1S/C14H13O.ClH/c1-15-14-10-8-13(9-11-14)12-6-4-2-3-5-7-12;/h2-4,6,8-11H,5H2,1H3;1H/q+1;/p-1. The van der Waals surface area contributed by atoms with E-state index in [1.807, 2.05) is 24.3 Å². The summed E-state index contributed by atoms with van der Waals surface area (Å²) in [6.45, 7) is 0. The summed E-state index contributed by atoms with van der Waals surface area (Å²) in [5, 5.41) is 0. The molecule has 0 spiro atoms. The summed E-state index contributed by atoms with van der Waals surface area (Å²) < 4.78 is 5.12. The minimum absolute atomic E-state index is 0. The lowest BCUT2D eigenvalue weighted by atomic mass is 10.0. The minimum atomic E-state index is 0. The fourth-order valence-corrected chi connectivity index (χ4v) is 1.50. The van der Waals surface area contributed by atoms with E-state index >= 15 is 0 Å². The van der Waals surface area contributed by atoms with E-state index in [0.717, 1.165) is 17.7 Å². The van der Waals surface area contributed by atoms with Gasteiger partial charge in [-0.25, -0.2) is 0 Å². The number of allylic oxidation sites excluding steroid dienone is 6. The zero-order chi connectivity index (χ0) is 10.5. The number of hydrogen-bond donors (Lipinski definition) is 0. The van der Waals surface area contributed by atoms with Crippen molar-refractivity contribution in [1.29, 1.82) is 0 Å². The Hall–Kier alpha value is -1.56. The van der Waals surface area contributed by atoms with Crippen LogP contribution in [0.25, 0.3) is 5.57 Å². The average Bonchev–Trinajstić information content (AvgIpc) is 2.58. The van der Waals surface area contributed by atoms with Crippen molar-refractivity contribution in [1.82, 2.24) is 0 Å². The lowest BCUT2D eigenvalue weighted by Crippen LogP contribution is -3.00. The topological polar surface area (TPSA) is 9.23 Å². The van der Waals surface area contributed by atoms with E-state index in [4.69, 9.17) is 4.74 Å². The van der Waals surface area contributed by atoms with Crippen LogP contribution in [0.15, 0.2) is 48.6 Å². The molecule has 0 aliphatic heterocycles. The number of halogens is 1. The van der Waals surface area contributed by atoms with Crippen molar-refractivity contribution in [2.24, 2.45) is 0 Å². The quantitative estimate of drug-likeness (QED) is 0.671. The van der Waals surface area contributed by atoms with E-state index in [1.54, 1.807) is 7.11 Å². The van der Waals surface area contributed by atoms with Crippen LogP contribution in [0.4, 0.5) is 0 Å². The van der Waals surface area contributed by atoms with Crippen molar-refractivity contribution in [3.05, 3.63) is 60.2 Å². The van der Waals surface area contributed by atoms with Gasteiger partial charge in [0.2, 0.25) is 0 Å². The fraction of sp³-hybridized carbons (Fsp3) is 0.143. The molecule has 0 saturated heterocycles. The van der Waals surface area contributed by atoms with Gasteiger partial charge >= 0.3 is 0 Å². The van der Waals surface area contributed by atoms with Crippen molar-refractivity contribution in [2.75, 3.05) is 7.11 Å². The lowest BCUT2D eigenvalue weighted by molar-refractivity contribution is -0.00000326. The molecule has 0 N–H and O–H groups in total. The Bertz CT molecular complexity index is 413. The predicted molar refractivity (Wildman–Crippen MR) is 62.5 cm³/mol. The Morgan fingerprint density at radius 1 is 1.12 bits per heavy atom. The molecule has 0 radical (unpaired) electrons. The average molecular weight is 233 g/mol. The highest BCUT2D eigenvalue weighted by Gasteiger charge is 2.09. The third kappa shape index (κ3) is 2.96. The zero-order valence-electron chi connectivity index (χ0n) is 9.11. The molecule has 0 fully saturated rings. The Balaban J connectivity index is 0.00000128. The summed E-state index contributed by atoms with van der Waals surface area (Å²) in [6.07, 6.45) is 12.5. The van der Waals surface area contributed by atoms with Gasteiger partial charge in [-0.2, -0.15) is 0 Å². The summed E-state index contributed by atoms with van der Waals surface area (Å²) in [5.41, 5.74) is 2.32. The van der Waals surface area contributed by atoms with Gasteiger partial charge in [0.15, 0.2) is 5.57 Å². The molecular weight excluding hydrogens is 220 g/mol. The van der Waals surface area contributed by atoms with Gasteiger partial charge in [-0.1, -0.05) is 12.2 Å². The predicted octanol–water partition coefficient (Wildman–Crippen LogP) is 0.402. The molecule has 0 atom stereocenters. The second-order valence-electron chi connectivity index (χ2n) is 3.31. The van der Waals surface area contributed by atoms with Crippen LogP contribution in [0, 0.1) is 6.08 Å². The molecule has 0 bridgehead atoms. The molecule has 1 aromatic carbocycles. The van der Waals surface area contributed by atoms with Gasteiger partial charge in [0.25, 0.3) is 0 Å². The van der Waals surface area contributed by atoms with E-state index in [1.165, 1.54) is 5.56 Å². The highest BCUT2D eigenvalue weighted by molar-refractivity contribution is 5.73. The van der Waals surface area contributed by atoms with Gasteiger partial charge in [-0.3, -0.25) is 0 Å². The summed E-state index contributed by atoms with van der Waals surface area (Å²) in [6, 6.07) is 8.04. The van der Waals surface area contributed by atoms with Crippen LogP contribution < -0.4 is 17.1 Å². The van der Waals surface area contributed by atoms with Crippen LogP contribution in [-0.2, 0) is 0 Å². The normalized spacial score (nSPS) is 13.2. The minimum Gasteiger partial charge on any atom is -1.00 e. The Morgan fingerprint density at radius 2 is 1.88 bits per heavy atom. The molecule has 0 amide bonds. The Morgan fingerprint density at radius 3 is 2.56 bits per heavy atom. The molecule has 1 aromatic rings. The lowest BCUT2D eigenvalue weighted by Gasteiger charge is -1.97. The van der Waals surface area contributed by atoms with Crippen LogP contribution in [0.2, 0.25) is 0 Å². The van der Waals surface area contributed by atoms with E-state index < -0.39 is 0 Å². The van der Waals surface area contributed by atoms with Crippen LogP contribution >= 0.6 is 0 Å². The van der Waals surface area contributed by atoms with E-state index in [9.17, 15) is 0 Å². The van der Waals surface area contributed by atoms with E-state index in [0.29, 0.717) is 0 Å². The molecule has 0 heterocycles. The summed E-state index contributed by atoms with van der Waals surface area (Å²) >= 11 is 0. The molecular formula is C14H13ClO. The molecule has 1 nitrogen and oxygen atoms in total. The molecule has 2 rings (SSSR count). The first-order chi connectivity index (χ1) is 7.40.